The van der Waals surface area contributed by atoms with Crippen molar-refractivity contribution in [3.63, 3.8) is 0 Å². The van der Waals surface area contributed by atoms with Crippen LogP contribution in [0.5, 0.6) is 11.5 Å². The van der Waals surface area contributed by atoms with Crippen molar-refractivity contribution in [1.29, 1.82) is 0 Å². The Morgan fingerprint density at radius 3 is 2.14 bits per heavy atom. The number of amides is 2. The van der Waals surface area contributed by atoms with Crippen molar-refractivity contribution in [3.05, 3.63) is 59.3 Å². The topological polar surface area (TPSA) is 135 Å². The molecule has 4 bridgehead atoms. The molecule has 0 radical (unpaired) electrons. The monoisotopic (exact) mass is 685 g/mol. The fourth-order valence-corrected chi connectivity index (χ4v) is 8.95. The van der Waals surface area contributed by atoms with Gasteiger partial charge in [0.05, 0.1) is 31.2 Å². The lowest BCUT2D eigenvalue weighted by Gasteiger charge is -2.59. The van der Waals surface area contributed by atoms with Crippen molar-refractivity contribution >= 4 is 17.8 Å². The maximum absolute atomic E-state index is 14.3. The summed E-state index contributed by atoms with van der Waals surface area (Å²) >= 11 is 0. The lowest BCUT2D eigenvalue weighted by Crippen LogP contribution is -2.70. The molecule has 4 fully saturated rings. The SMILES string of the molecule is COc1cccc(OC)c1-c1cc(C(=O)NC2(C(=O)O)C3CC4CC(C3)CC2C4)nn1-c1ccc(C(=O)NCCCCN(C)C)cc1C(C)C. The quantitative estimate of drug-likeness (QED) is 0.182. The van der Waals surface area contributed by atoms with Gasteiger partial charge in [0.15, 0.2) is 5.69 Å². The molecule has 1 heterocycles. The van der Waals surface area contributed by atoms with E-state index in [9.17, 15) is 19.5 Å². The second-order valence-electron chi connectivity index (χ2n) is 15.0. The zero-order valence-electron chi connectivity index (χ0n) is 30.1. The molecule has 7 rings (SSSR count). The predicted molar refractivity (Wildman–Crippen MR) is 191 cm³/mol. The number of methoxy groups -OCH3 is 2. The molecule has 3 N–H and O–H groups in total. The molecule has 11 nitrogen and oxygen atoms in total. The van der Waals surface area contributed by atoms with E-state index >= 15 is 0 Å². The highest BCUT2D eigenvalue weighted by Crippen LogP contribution is 2.58. The number of carbonyl (C=O) groups excluding carboxylic acids is 2. The number of carbonyl (C=O) groups is 3. The van der Waals surface area contributed by atoms with Crippen LogP contribution in [0.4, 0.5) is 0 Å². The molecule has 4 saturated carbocycles. The van der Waals surface area contributed by atoms with E-state index in [-0.39, 0.29) is 29.4 Å². The lowest BCUT2D eigenvalue weighted by molar-refractivity contribution is -0.163. The summed E-state index contributed by atoms with van der Waals surface area (Å²) < 4.78 is 13.2. The number of hydrogen-bond acceptors (Lipinski definition) is 7. The van der Waals surface area contributed by atoms with Crippen molar-refractivity contribution in [2.75, 3.05) is 41.4 Å². The number of aromatic nitrogens is 2. The van der Waals surface area contributed by atoms with Crippen LogP contribution >= 0.6 is 0 Å². The average Bonchev–Trinajstić information content (AvgIpc) is 3.53. The second kappa shape index (κ2) is 14.5. The van der Waals surface area contributed by atoms with E-state index in [0.717, 1.165) is 50.6 Å². The maximum atomic E-state index is 14.3. The standard InChI is InChI=1S/C39H51N5O6/c1-23(2)29-21-26(36(45)40-14-7-8-15-43(3)4)12-13-31(29)44-32(35-33(49-5)10-9-11-34(35)50-6)22-30(42-44)37(46)41-39(38(47)48)27-17-24-16-25(19-27)20-28(39)18-24/h9-13,21-25,27-28H,7-8,14-20H2,1-6H3,(H,40,45)(H,41,46)(H,47,48). The summed E-state index contributed by atoms with van der Waals surface area (Å²) in [6.45, 7) is 5.64. The van der Waals surface area contributed by atoms with Crippen molar-refractivity contribution in [2.45, 2.75) is 70.3 Å². The van der Waals surface area contributed by atoms with Crippen molar-refractivity contribution in [1.82, 2.24) is 25.3 Å². The summed E-state index contributed by atoms with van der Waals surface area (Å²) in [5, 5.41) is 21.7. The fraction of sp³-hybridized carbons (Fsp3) is 0.538. The molecule has 2 aromatic carbocycles. The highest BCUT2D eigenvalue weighted by Gasteiger charge is 2.62. The summed E-state index contributed by atoms with van der Waals surface area (Å²) in [6, 6.07) is 12.7. The van der Waals surface area contributed by atoms with Gasteiger partial charge in [0, 0.05) is 12.1 Å². The first-order valence-electron chi connectivity index (χ1n) is 17.9. The van der Waals surface area contributed by atoms with E-state index in [0.29, 0.717) is 52.4 Å². The Morgan fingerprint density at radius 1 is 0.940 bits per heavy atom. The Bertz CT molecular complexity index is 1700. The lowest BCUT2D eigenvalue weighted by atomic mass is 9.48. The van der Waals surface area contributed by atoms with Gasteiger partial charge in [-0.3, -0.25) is 9.59 Å². The van der Waals surface area contributed by atoms with Crippen molar-refractivity contribution in [3.8, 4) is 28.4 Å². The molecule has 268 valence electrons. The third-order valence-electron chi connectivity index (χ3n) is 11.2. The van der Waals surface area contributed by atoms with Crippen molar-refractivity contribution < 1.29 is 29.0 Å². The van der Waals surface area contributed by atoms with Crippen LogP contribution in [0.3, 0.4) is 0 Å². The molecule has 4 aliphatic rings. The van der Waals surface area contributed by atoms with Gasteiger partial charge in [-0.1, -0.05) is 19.9 Å². The second-order valence-corrected chi connectivity index (χ2v) is 15.0. The number of nitrogens with one attached hydrogen (secondary N) is 2. The van der Waals surface area contributed by atoms with Crippen LogP contribution < -0.4 is 20.1 Å². The molecule has 4 aliphatic carbocycles. The molecule has 0 saturated heterocycles. The van der Waals surface area contributed by atoms with Gasteiger partial charge >= 0.3 is 5.97 Å². The van der Waals surface area contributed by atoms with Crippen LogP contribution in [0.15, 0.2) is 42.5 Å². The normalized spacial score (nSPS) is 23.7. The molecule has 0 aliphatic heterocycles. The number of hydrogen-bond donors (Lipinski definition) is 3. The zero-order chi connectivity index (χ0) is 35.7. The molecule has 1 aromatic heterocycles. The third kappa shape index (κ3) is 6.59. The minimum Gasteiger partial charge on any atom is -0.496 e. The minimum atomic E-state index is -1.32. The zero-order valence-corrected chi connectivity index (χ0v) is 30.1. The molecular weight excluding hydrogens is 634 g/mol. The largest absolute Gasteiger partial charge is 0.496 e. The highest BCUT2D eigenvalue weighted by molar-refractivity contribution is 5.98. The average molecular weight is 686 g/mol. The van der Waals surface area contributed by atoms with Crippen LogP contribution in [0, 0.1) is 23.7 Å². The smallest absolute Gasteiger partial charge is 0.330 e. The molecule has 0 atom stereocenters. The number of rotatable bonds is 14. The summed E-state index contributed by atoms with van der Waals surface area (Å²) in [4.78, 5) is 42.7. The van der Waals surface area contributed by atoms with Crippen molar-refractivity contribution in [2.24, 2.45) is 23.7 Å². The van der Waals surface area contributed by atoms with E-state index in [1.807, 2.05) is 58.3 Å². The molecule has 3 aromatic rings. The first kappa shape index (κ1) is 35.4. The van der Waals surface area contributed by atoms with Gasteiger partial charge in [-0.2, -0.15) is 5.10 Å². The van der Waals surface area contributed by atoms with Crippen LogP contribution in [0.2, 0.25) is 0 Å². The first-order chi connectivity index (χ1) is 24.0. The van der Waals surface area contributed by atoms with Gasteiger partial charge in [-0.25, -0.2) is 9.48 Å². The fourth-order valence-electron chi connectivity index (χ4n) is 8.95. The Morgan fingerprint density at radius 2 is 1.58 bits per heavy atom. The van der Waals surface area contributed by atoms with E-state index < -0.39 is 17.4 Å². The maximum Gasteiger partial charge on any atom is 0.330 e. The Kier molecular flexibility index (Phi) is 10.3. The van der Waals surface area contributed by atoms with E-state index in [2.05, 4.69) is 15.5 Å². The Labute approximate surface area is 294 Å². The van der Waals surface area contributed by atoms with E-state index in [1.54, 1.807) is 31.0 Å². The van der Waals surface area contributed by atoms with Gasteiger partial charge in [0.1, 0.15) is 17.0 Å². The van der Waals surface area contributed by atoms with Crippen LogP contribution in [0.25, 0.3) is 16.9 Å². The van der Waals surface area contributed by atoms with Crippen LogP contribution in [-0.2, 0) is 4.79 Å². The Hall–Kier alpha value is -4.38. The number of carboxylic acids is 1. The minimum absolute atomic E-state index is 0.00457. The third-order valence-corrected chi connectivity index (χ3v) is 11.2. The van der Waals surface area contributed by atoms with E-state index in [4.69, 9.17) is 14.6 Å². The molecular formula is C39H51N5O6. The first-order valence-corrected chi connectivity index (χ1v) is 17.9. The number of aliphatic carboxylic acids is 1. The number of nitrogens with zero attached hydrogens (tertiary/aromatic N) is 3. The number of unbranched alkanes of at least 4 members (excludes halogenated alkanes) is 1. The molecule has 2 amide bonds. The van der Waals surface area contributed by atoms with Crippen LogP contribution in [-0.4, -0.2) is 84.5 Å². The van der Waals surface area contributed by atoms with Gasteiger partial charge in [0.2, 0.25) is 0 Å². The number of ether oxygens (including phenoxy) is 2. The van der Waals surface area contributed by atoms with Gasteiger partial charge in [-0.15, -0.1) is 0 Å². The summed E-state index contributed by atoms with van der Waals surface area (Å²) in [5.74, 6) is 0.283. The summed E-state index contributed by atoms with van der Waals surface area (Å²) in [5.41, 5.74) is 2.00. The molecule has 50 heavy (non-hydrogen) atoms. The molecule has 11 heteroatoms. The van der Waals surface area contributed by atoms with Crippen LogP contribution in [0.1, 0.15) is 91.1 Å². The van der Waals surface area contributed by atoms with Gasteiger partial charge in [0.25, 0.3) is 11.8 Å². The van der Waals surface area contributed by atoms with Gasteiger partial charge in [-0.05, 0) is 137 Å². The summed E-state index contributed by atoms with van der Waals surface area (Å²) in [7, 11) is 7.22. The van der Waals surface area contributed by atoms with E-state index in [1.165, 1.54) is 6.42 Å². The predicted octanol–water partition coefficient (Wildman–Crippen LogP) is 5.76. The number of benzene rings is 2. The molecule has 0 unspecified atom stereocenters. The summed E-state index contributed by atoms with van der Waals surface area (Å²) in [6.07, 6.45) is 6.34. The highest BCUT2D eigenvalue weighted by atomic mass is 16.5. The Balaban J connectivity index is 1.39. The number of carboxylic acid groups (broad SMARTS) is 1. The van der Waals surface area contributed by atoms with Gasteiger partial charge < -0.3 is 30.1 Å². The molecule has 0 spiro atoms.